The van der Waals surface area contributed by atoms with Crippen LogP contribution in [0.1, 0.15) is 11.3 Å². The molecule has 0 spiro atoms. The molecule has 0 atom stereocenters. The molecule has 2 aromatic heterocycles. The SMILES string of the molecule is c1nc2c(c(Nc3ccc4nc[nH]c4c3)n1)CNCC2. The van der Waals surface area contributed by atoms with Gasteiger partial charge in [-0.05, 0) is 18.2 Å². The van der Waals surface area contributed by atoms with E-state index < -0.39 is 0 Å². The van der Waals surface area contributed by atoms with Gasteiger partial charge in [0.25, 0.3) is 0 Å². The van der Waals surface area contributed by atoms with Crippen LogP contribution in [0.4, 0.5) is 11.5 Å². The smallest absolute Gasteiger partial charge is 0.138 e. The van der Waals surface area contributed by atoms with Crippen molar-refractivity contribution < 1.29 is 0 Å². The largest absolute Gasteiger partial charge is 0.345 e. The number of imidazole rings is 1. The van der Waals surface area contributed by atoms with Crippen LogP contribution in [-0.2, 0) is 13.0 Å². The molecule has 0 amide bonds. The number of aromatic amines is 1. The van der Waals surface area contributed by atoms with Gasteiger partial charge in [0.05, 0.1) is 23.1 Å². The molecule has 0 saturated carbocycles. The highest BCUT2D eigenvalue weighted by Crippen LogP contribution is 2.24. The molecule has 3 heterocycles. The number of fused-ring (bicyclic) bond motifs is 2. The molecule has 0 aliphatic carbocycles. The lowest BCUT2D eigenvalue weighted by Crippen LogP contribution is -2.25. The van der Waals surface area contributed by atoms with Crippen molar-refractivity contribution in [3.63, 3.8) is 0 Å². The lowest BCUT2D eigenvalue weighted by molar-refractivity contribution is 0.628. The summed E-state index contributed by atoms with van der Waals surface area (Å²) in [5, 5.41) is 6.73. The first-order valence-electron chi connectivity index (χ1n) is 6.64. The molecule has 1 aliphatic rings. The van der Waals surface area contributed by atoms with Crippen molar-refractivity contribution in [2.75, 3.05) is 11.9 Å². The number of nitrogens with one attached hydrogen (secondary N) is 3. The summed E-state index contributed by atoms with van der Waals surface area (Å²) in [6.07, 6.45) is 4.28. The van der Waals surface area contributed by atoms with Crippen molar-refractivity contribution in [3.05, 3.63) is 42.1 Å². The first kappa shape index (κ1) is 11.4. The molecule has 1 aromatic carbocycles. The molecule has 1 aliphatic heterocycles. The minimum Gasteiger partial charge on any atom is -0.345 e. The van der Waals surface area contributed by atoms with Gasteiger partial charge < -0.3 is 15.6 Å². The van der Waals surface area contributed by atoms with Gasteiger partial charge in [-0.1, -0.05) is 0 Å². The summed E-state index contributed by atoms with van der Waals surface area (Å²) in [5.41, 5.74) is 5.25. The fourth-order valence-electron chi connectivity index (χ4n) is 2.53. The van der Waals surface area contributed by atoms with Crippen LogP contribution in [-0.4, -0.2) is 26.5 Å². The summed E-state index contributed by atoms with van der Waals surface area (Å²) >= 11 is 0. The Hall–Kier alpha value is -2.47. The fraction of sp³-hybridized carbons (Fsp3) is 0.214. The molecule has 6 nitrogen and oxygen atoms in total. The zero-order valence-electron chi connectivity index (χ0n) is 10.8. The Morgan fingerprint density at radius 1 is 1.15 bits per heavy atom. The minimum atomic E-state index is 0.810. The molecule has 0 radical (unpaired) electrons. The fourth-order valence-corrected chi connectivity index (χ4v) is 2.53. The third-order valence-electron chi connectivity index (χ3n) is 3.56. The van der Waals surface area contributed by atoms with Crippen LogP contribution >= 0.6 is 0 Å². The molecule has 0 unspecified atom stereocenters. The molecule has 6 heteroatoms. The first-order chi connectivity index (χ1) is 9.90. The van der Waals surface area contributed by atoms with Gasteiger partial charge in [0, 0.05) is 30.8 Å². The summed E-state index contributed by atoms with van der Waals surface area (Å²) in [5.74, 6) is 0.876. The molecule has 3 N–H and O–H groups in total. The van der Waals surface area contributed by atoms with Gasteiger partial charge >= 0.3 is 0 Å². The van der Waals surface area contributed by atoms with E-state index in [4.69, 9.17) is 0 Å². The first-order valence-corrected chi connectivity index (χ1v) is 6.64. The third-order valence-corrected chi connectivity index (χ3v) is 3.56. The lowest BCUT2D eigenvalue weighted by Gasteiger charge is -2.19. The van der Waals surface area contributed by atoms with Crippen molar-refractivity contribution in [3.8, 4) is 0 Å². The summed E-state index contributed by atoms with van der Waals surface area (Å²) in [4.78, 5) is 16.1. The summed E-state index contributed by atoms with van der Waals surface area (Å²) in [7, 11) is 0. The highest BCUT2D eigenvalue weighted by molar-refractivity contribution is 5.80. The predicted molar refractivity (Wildman–Crippen MR) is 76.8 cm³/mol. The number of anilines is 2. The normalized spacial score (nSPS) is 14.2. The van der Waals surface area contributed by atoms with Crippen LogP contribution in [0.3, 0.4) is 0 Å². The molecule has 3 aromatic rings. The van der Waals surface area contributed by atoms with Crippen LogP contribution < -0.4 is 10.6 Å². The van der Waals surface area contributed by atoms with E-state index in [1.54, 1.807) is 12.7 Å². The van der Waals surface area contributed by atoms with Gasteiger partial charge in [-0.15, -0.1) is 0 Å². The Kier molecular flexibility index (Phi) is 2.60. The van der Waals surface area contributed by atoms with Crippen LogP contribution in [0.15, 0.2) is 30.9 Å². The molecular formula is C14H14N6. The molecule has 0 bridgehead atoms. The van der Waals surface area contributed by atoms with Gasteiger partial charge in [-0.2, -0.15) is 0 Å². The van der Waals surface area contributed by atoms with Crippen molar-refractivity contribution in [1.82, 2.24) is 25.3 Å². The standard InChI is InChI=1S/C14H14N6/c1-2-12-13(18-7-17-12)5-9(1)20-14-10-6-15-4-3-11(10)16-8-19-14/h1-2,5,7-8,15H,3-4,6H2,(H,17,18)(H,16,19,20). The molecule has 0 saturated heterocycles. The average molecular weight is 266 g/mol. The van der Waals surface area contributed by atoms with E-state index in [1.807, 2.05) is 18.2 Å². The molecular weight excluding hydrogens is 252 g/mol. The molecule has 20 heavy (non-hydrogen) atoms. The second-order valence-corrected chi connectivity index (χ2v) is 4.83. The number of hydrogen-bond acceptors (Lipinski definition) is 5. The van der Waals surface area contributed by atoms with E-state index in [-0.39, 0.29) is 0 Å². The van der Waals surface area contributed by atoms with Crippen LogP contribution in [0.5, 0.6) is 0 Å². The molecule has 4 rings (SSSR count). The quantitative estimate of drug-likeness (QED) is 0.658. The average Bonchev–Trinajstić information content (AvgIpc) is 2.95. The maximum Gasteiger partial charge on any atom is 0.138 e. The number of hydrogen-bond donors (Lipinski definition) is 3. The van der Waals surface area contributed by atoms with Crippen LogP contribution in [0.2, 0.25) is 0 Å². The maximum absolute atomic E-state index is 4.37. The van der Waals surface area contributed by atoms with E-state index in [9.17, 15) is 0 Å². The van der Waals surface area contributed by atoms with Gasteiger partial charge in [0.1, 0.15) is 12.1 Å². The highest BCUT2D eigenvalue weighted by atomic mass is 15.0. The summed E-state index contributed by atoms with van der Waals surface area (Å²) in [6.45, 7) is 1.79. The summed E-state index contributed by atoms with van der Waals surface area (Å²) < 4.78 is 0. The Bertz CT molecular complexity index is 763. The van der Waals surface area contributed by atoms with E-state index in [0.29, 0.717) is 0 Å². The number of aromatic nitrogens is 4. The number of nitrogens with zero attached hydrogens (tertiary/aromatic N) is 3. The Balaban J connectivity index is 1.71. The third kappa shape index (κ3) is 1.90. The van der Waals surface area contributed by atoms with Crippen LogP contribution in [0, 0.1) is 0 Å². The van der Waals surface area contributed by atoms with Gasteiger partial charge in [-0.3, -0.25) is 0 Å². The minimum absolute atomic E-state index is 0.810. The molecule has 0 fully saturated rings. The number of benzene rings is 1. The van der Waals surface area contributed by atoms with Gasteiger partial charge in [0.2, 0.25) is 0 Å². The summed E-state index contributed by atoms with van der Waals surface area (Å²) in [6, 6.07) is 6.03. The van der Waals surface area contributed by atoms with Crippen molar-refractivity contribution in [1.29, 1.82) is 0 Å². The van der Waals surface area contributed by atoms with E-state index in [1.165, 1.54) is 0 Å². The van der Waals surface area contributed by atoms with E-state index in [0.717, 1.165) is 53.3 Å². The van der Waals surface area contributed by atoms with E-state index in [2.05, 4.69) is 30.6 Å². The second-order valence-electron chi connectivity index (χ2n) is 4.83. The second kappa shape index (κ2) is 4.57. The number of H-pyrrole nitrogens is 1. The van der Waals surface area contributed by atoms with Crippen molar-refractivity contribution in [2.24, 2.45) is 0 Å². The Morgan fingerprint density at radius 3 is 3.15 bits per heavy atom. The molecule has 100 valence electrons. The lowest BCUT2D eigenvalue weighted by atomic mass is 10.1. The Morgan fingerprint density at radius 2 is 2.15 bits per heavy atom. The maximum atomic E-state index is 4.37. The monoisotopic (exact) mass is 266 g/mol. The van der Waals surface area contributed by atoms with Gasteiger partial charge in [-0.25, -0.2) is 15.0 Å². The van der Waals surface area contributed by atoms with E-state index >= 15 is 0 Å². The topological polar surface area (TPSA) is 78.5 Å². The zero-order valence-corrected chi connectivity index (χ0v) is 10.8. The zero-order chi connectivity index (χ0) is 13.4. The van der Waals surface area contributed by atoms with Gasteiger partial charge in [0.15, 0.2) is 0 Å². The van der Waals surface area contributed by atoms with Crippen molar-refractivity contribution in [2.45, 2.75) is 13.0 Å². The van der Waals surface area contributed by atoms with Crippen LogP contribution in [0.25, 0.3) is 11.0 Å². The highest BCUT2D eigenvalue weighted by Gasteiger charge is 2.15. The van der Waals surface area contributed by atoms with Crippen molar-refractivity contribution >= 4 is 22.5 Å². The Labute approximate surface area is 115 Å². The number of rotatable bonds is 2. The predicted octanol–water partition coefficient (Wildman–Crippen LogP) is 1.74.